The van der Waals surface area contributed by atoms with E-state index in [4.69, 9.17) is 4.74 Å². The van der Waals surface area contributed by atoms with Gasteiger partial charge in [-0.2, -0.15) is 0 Å². The molecule has 2 atom stereocenters. The average molecular weight is 433 g/mol. The molecule has 0 radical (unpaired) electrons. The zero-order valence-corrected chi connectivity index (χ0v) is 16.3. The Morgan fingerprint density at radius 2 is 1.96 bits per heavy atom. The van der Waals surface area contributed by atoms with Gasteiger partial charge in [0.05, 0.1) is 11.1 Å². The number of halogens is 1. The highest BCUT2D eigenvalue weighted by atomic mass is 79.9. The second-order valence-electron chi connectivity index (χ2n) is 6.19. The minimum atomic E-state index is -1.18. The molecule has 3 rings (SSSR count). The zero-order chi connectivity index (χ0) is 17.4. The maximum absolute atomic E-state index is 12.6. The monoisotopic (exact) mass is 432 g/mol. The molecule has 1 saturated heterocycles. The first-order valence-electron chi connectivity index (χ1n) is 8.05. The molecule has 0 spiro atoms. The van der Waals surface area contributed by atoms with Crippen LogP contribution in [-0.2, 0) is 19.1 Å². The maximum atomic E-state index is 12.6. The van der Waals surface area contributed by atoms with Gasteiger partial charge in [0.1, 0.15) is 17.7 Å². The molecule has 7 nitrogen and oxygen atoms in total. The van der Waals surface area contributed by atoms with Crippen molar-refractivity contribution < 1.29 is 46.9 Å². The van der Waals surface area contributed by atoms with E-state index in [1.54, 1.807) is 0 Å². The van der Waals surface area contributed by atoms with Crippen LogP contribution >= 0.6 is 11.8 Å². The number of rotatable bonds is 3. The first kappa shape index (κ1) is 20.0. The number of thioether (sulfide) groups is 1. The number of β-lactam (4-membered cyclic amide) rings is 1. The molecule has 138 valence electrons. The van der Waals surface area contributed by atoms with Gasteiger partial charge in [-0.25, -0.2) is 4.79 Å². The van der Waals surface area contributed by atoms with E-state index in [2.05, 4.69) is 5.73 Å². The van der Waals surface area contributed by atoms with Crippen LogP contribution in [0.5, 0.6) is 0 Å². The van der Waals surface area contributed by atoms with E-state index in [1.807, 2.05) is 0 Å². The number of esters is 1. The first-order valence-corrected chi connectivity index (χ1v) is 8.99. The summed E-state index contributed by atoms with van der Waals surface area (Å²) in [5.74, 6) is -1.90. The van der Waals surface area contributed by atoms with E-state index in [-0.39, 0.29) is 45.9 Å². The Hall–Kier alpha value is -1.32. The Labute approximate surface area is 160 Å². The van der Waals surface area contributed by atoms with Gasteiger partial charge in [0.25, 0.3) is 5.91 Å². The number of nitrogens with zero attached hydrogens (tertiary/aromatic N) is 1. The molecule has 2 heterocycles. The number of amides is 1. The molecule has 0 aromatic rings. The maximum Gasteiger partial charge on any atom is 0.353 e. The number of allylic oxidation sites excluding steroid dienone is 1. The van der Waals surface area contributed by atoms with Crippen LogP contribution in [0.3, 0.4) is 0 Å². The van der Waals surface area contributed by atoms with Crippen molar-refractivity contribution in [2.24, 2.45) is 0 Å². The Kier molecular flexibility index (Phi) is 6.34. The second-order valence-corrected chi connectivity index (χ2v) is 7.48. The molecule has 0 aromatic heterocycles. The molecule has 1 amide bonds. The van der Waals surface area contributed by atoms with Gasteiger partial charge in [0, 0.05) is 6.92 Å². The topological polar surface area (TPSA) is 112 Å². The van der Waals surface area contributed by atoms with Gasteiger partial charge in [0.2, 0.25) is 0 Å². The van der Waals surface area contributed by atoms with Crippen molar-refractivity contribution in [2.45, 2.75) is 49.8 Å². The zero-order valence-electron chi connectivity index (χ0n) is 13.9. The molecular formula is C16H21BrN2O5S. The van der Waals surface area contributed by atoms with Gasteiger partial charge < -0.3 is 32.6 Å². The highest BCUT2D eigenvalue weighted by Crippen LogP contribution is 2.47. The largest absolute Gasteiger partial charge is 1.00 e. The molecule has 25 heavy (non-hydrogen) atoms. The smallest absolute Gasteiger partial charge is 0.353 e. The van der Waals surface area contributed by atoms with Gasteiger partial charge in [-0.3, -0.25) is 14.5 Å². The summed E-state index contributed by atoms with van der Waals surface area (Å²) in [7, 11) is 0. The minimum absolute atomic E-state index is 0. The minimum Gasteiger partial charge on any atom is -1.00 e. The third kappa shape index (κ3) is 3.63. The number of quaternary nitrogens is 1. The number of aliphatic carboxylic acids is 1. The molecule has 0 bridgehead atoms. The van der Waals surface area contributed by atoms with Crippen molar-refractivity contribution in [3.63, 3.8) is 0 Å². The molecule has 4 N–H and O–H groups in total. The number of hydrogen-bond acceptors (Lipinski definition) is 5. The summed E-state index contributed by atoms with van der Waals surface area (Å²) in [6, 6.07) is 0. The second kappa shape index (κ2) is 7.92. The Morgan fingerprint density at radius 3 is 2.52 bits per heavy atom. The summed E-state index contributed by atoms with van der Waals surface area (Å²) in [5.41, 5.74) is 6.23. The predicted molar refractivity (Wildman–Crippen MR) is 86.3 cm³/mol. The number of ether oxygens (including phenoxy) is 1. The van der Waals surface area contributed by atoms with Gasteiger partial charge in [-0.1, -0.05) is 23.8 Å². The van der Waals surface area contributed by atoms with E-state index in [0.29, 0.717) is 5.57 Å². The van der Waals surface area contributed by atoms with Crippen LogP contribution in [0.25, 0.3) is 0 Å². The Bertz CT molecular complexity index is 667. The lowest BCUT2D eigenvalue weighted by Gasteiger charge is -2.47. The number of carbonyl (C=O) groups is 3. The fraction of sp³-hybridized carbons (Fsp3) is 0.562. The summed E-state index contributed by atoms with van der Waals surface area (Å²) in [4.78, 5) is 36.7. The van der Waals surface area contributed by atoms with E-state index in [9.17, 15) is 19.5 Å². The normalized spacial score (nSPS) is 25.8. The molecule has 2 fully saturated rings. The number of fused-ring (bicyclic) bond motifs is 1. The lowest BCUT2D eigenvalue weighted by Crippen LogP contribution is -3.00. The van der Waals surface area contributed by atoms with Crippen LogP contribution in [0.15, 0.2) is 22.4 Å². The van der Waals surface area contributed by atoms with Crippen LogP contribution < -0.4 is 22.7 Å². The van der Waals surface area contributed by atoms with Crippen molar-refractivity contribution in [1.82, 2.24) is 4.90 Å². The molecule has 0 aromatic carbocycles. The standard InChI is InChI=1S/C16H20N2O5S.BrH/c1-8(19)23-7-10-12(16(21)22)18-14(20)11(15(18)24-13(10)17)9-5-3-2-4-6-9;/h13,15H,2-7,17H2,1H3,(H,21,22);1H/t13?,15-;/m1./s1. The van der Waals surface area contributed by atoms with Gasteiger partial charge in [0.15, 0.2) is 5.37 Å². The molecule has 1 unspecified atom stereocenters. The number of carboxylic acids is 1. The SMILES string of the molecule is CC(=O)OCC1=C(C(=O)O)N2C(=O)C(=C3CCCCC3)[C@H]2SC1[NH3+].[Br-]. The van der Waals surface area contributed by atoms with Crippen LogP contribution in [0.4, 0.5) is 0 Å². The van der Waals surface area contributed by atoms with Crippen LogP contribution in [-0.4, -0.2) is 45.2 Å². The third-order valence-electron chi connectivity index (χ3n) is 4.63. The van der Waals surface area contributed by atoms with Gasteiger partial charge in [-0.15, -0.1) is 0 Å². The molecule has 3 aliphatic rings. The highest BCUT2D eigenvalue weighted by Gasteiger charge is 2.53. The third-order valence-corrected chi connectivity index (χ3v) is 5.95. The molecule has 1 saturated carbocycles. The number of carbonyl (C=O) groups excluding carboxylic acids is 2. The Balaban J connectivity index is 0.00000225. The van der Waals surface area contributed by atoms with E-state index in [1.165, 1.54) is 35.6 Å². The van der Waals surface area contributed by atoms with Crippen molar-refractivity contribution in [2.75, 3.05) is 6.61 Å². The molecule has 1 aliphatic carbocycles. The fourth-order valence-corrected chi connectivity index (χ4v) is 4.83. The number of carboxylic acid groups (broad SMARTS) is 1. The molecule has 2 aliphatic heterocycles. The fourth-order valence-electron chi connectivity index (χ4n) is 3.45. The first-order chi connectivity index (χ1) is 11.4. The van der Waals surface area contributed by atoms with Crippen LogP contribution in [0.1, 0.15) is 39.0 Å². The summed E-state index contributed by atoms with van der Waals surface area (Å²) >= 11 is 1.45. The van der Waals surface area contributed by atoms with Crippen molar-refractivity contribution in [3.8, 4) is 0 Å². The van der Waals surface area contributed by atoms with E-state index < -0.39 is 11.9 Å². The van der Waals surface area contributed by atoms with E-state index in [0.717, 1.165) is 31.3 Å². The van der Waals surface area contributed by atoms with Crippen LogP contribution in [0, 0.1) is 0 Å². The molecular weight excluding hydrogens is 412 g/mol. The summed E-state index contributed by atoms with van der Waals surface area (Å²) in [6.45, 7) is 1.11. The average Bonchev–Trinajstić information content (AvgIpc) is 2.53. The quantitative estimate of drug-likeness (QED) is 0.293. The summed E-state index contributed by atoms with van der Waals surface area (Å²) < 4.78 is 4.95. The van der Waals surface area contributed by atoms with Crippen molar-refractivity contribution >= 4 is 29.6 Å². The summed E-state index contributed by atoms with van der Waals surface area (Å²) in [5, 5.41) is 8.93. The van der Waals surface area contributed by atoms with E-state index >= 15 is 0 Å². The summed E-state index contributed by atoms with van der Waals surface area (Å²) in [6.07, 6.45) is 5.17. The van der Waals surface area contributed by atoms with Crippen molar-refractivity contribution in [1.29, 1.82) is 0 Å². The Morgan fingerprint density at radius 1 is 1.32 bits per heavy atom. The highest BCUT2D eigenvalue weighted by molar-refractivity contribution is 8.00. The van der Waals surface area contributed by atoms with Gasteiger partial charge in [-0.05, 0) is 25.7 Å². The lowest BCUT2D eigenvalue weighted by molar-refractivity contribution is -0.375. The lowest BCUT2D eigenvalue weighted by atomic mass is 9.86. The van der Waals surface area contributed by atoms with Crippen molar-refractivity contribution in [3.05, 3.63) is 22.4 Å². The molecule has 9 heteroatoms. The number of hydrogen-bond donors (Lipinski definition) is 2. The van der Waals surface area contributed by atoms with Crippen LogP contribution in [0.2, 0.25) is 0 Å². The van der Waals surface area contributed by atoms with Gasteiger partial charge >= 0.3 is 11.9 Å². The predicted octanol–water partition coefficient (Wildman–Crippen LogP) is -2.36.